The highest BCUT2D eigenvalue weighted by atomic mass is 16.6. The Morgan fingerprint density at radius 3 is 3.00 bits per heavy atom. The van der Waals surface area contributed by atoms with E-state index in [-0.39, 0.29) is 23.9 Å². The van der Waals surface area contributed by atoms with Crippen LogP contribution in [0.15, 0.2) is 18.2 Å². The van der Waals surface area contributed by atoms with Gasteiger partial charge in [-0.3, -0.25) is 10.1 Å². The molecule has 0 bridgehead atoms. The molecule has 1 atom stereocenters. The molecule has 1 N–H and O–H groups in total. The number of benzene rings is 1. The molecular formula is C12H13N3O3. The number of nitriles is 1. The van der Waals surface area contributed by atoms with Gasteiger partial charge in [0.1, 0.15) is 6.07 Å². The Labute approximate surface area is 104 Å². The monoisotopic (exact) mass is 247 g/mol. The number of aliphatic hydroxyl groups excluding tert-OH is 1. The molecule has 1 aromatic carbocycles. The van der Waals surface area contributed by atoms with Crippen molar-refractivity contribution < 1.29 is 10.0 Å². The van der Waals surface area contributed by atoms with Crippen molar-refractivity contribution in [3.63, 3.8) is 0 Å². The molecule has 1 aliphatic rings. The third kappa shape index (κ3) is 2.13. The number of nitro benzene ring substituents is 1. The quantitative estimate of drug-likeness (QED) is 0.644. The average molecular weight is 247 g/mol. The van der Waals surface area contributed by atoms with Crippen LogP contribution in [-0.4, -0.2) is 29.2 Å². The minimum absolute atomic E-state index is 0.00134. The van der Waals surface area contributed by atoms with Gasteiger partial charge < -0.3 is 10.0 Å². The van der Waals surface area contributed by atoms with E-state index in [0.717, 1.165) is 19.4 Å². The molecule has 1 aliphatic heterocycles. The fourth-order valence-electron chi connectivity index (χ4n) is 2.32. The molecule has 0 amide bonds. The van der Waals surface area contributed by atoms with Crippen LogP contribution in [0.2, 0.25) is 0 Å². The zero-order chi connectivity index (χ0) is 13.1. The van der Waals surface area contributed by atoms with Crippen LogP contribution in [0, 0.1) is 21.4 Å². The van der Waals surface area contributed by atoms with Gasteiger partial charge in [-0.1, -0.05) is 0 Å². The predicted molar refractivity (Wildman–Crippen MR) is 65.3 cm³/mol. The molecule has 1 heterocycles. The van der Waals surface area contributed by atoms with E-state index in [4.69, 9.17) is 5.26 Å². The van der Waals surface area contributed by atoms with E-state index in [1.54, 1.807) is 6.07 Å². The molecule has 0 aliphatic carbocycles. The van der Waals surface area contributed by atoms with Crippen LogP contribution in [0.25, 0.3) is 0 Å². The van der Waals surface area contributed by atoms with E-state index in [2.05, 4.69) is 0 Å². The van der Waals surface area contributed by atoms with Gasteiger partial charge >= 0.3 is 0 Å². The third-order valence-electron chi connectivity index (χ3n) is 3.21. The van der Waals surface area contributed by atoms with Gasteiger partial charge in [0, 0.05) is 18.7 Å². The molecule has 0 aromatic heterocycles. The van der Waals surface area contributed by atoms with E-state index in [0.29, 0.717) is 5.69 Å². The maximum atomic E-state index is 10.7. The molecule has 2 rings (SSSR count). The zero-order valence-electron chi connectivity index (χ0n) is 9.74. The number of rotatable bonds is 3. The zero-order valence-corrected chi connectivity index (χ0v) is 9.74. The molecule has 1 saturated heterocycles. The van der Waals surface area contributed by atoms with Crippen molar-refractivity contribution in [1.29, 1.82) is 5.26 Å². The molecular weight excluding hydrogens is 234 g/mol. The molecule has 18 heavy (non-hydrogen) atoms. The summed E-state index contributed by atoms with van der Waals surface area (Å²) in [5.41, 5.74) is 0.860. The first-order valence-electron chi connectivity index (χ1n) is 5.73. The summed E-state index contributed by atoms with van der Waals surface area (Å²) in [6.45, 7) is 0.791. The maximum Gasteiger partial charge on any atom is 0.270 e. The second-order valence-electron chi connectivity index (χ2n) is 4.24. The van der Waals surface area contributed by atoms with Crippen LogP contribution in [0.3, 0.4) is 0 Å². The lowest BCUT2D eigenvalue weighted by Crippen LogP contribution is -2.32. The molecule has 0 unspecified atom stereocenters. The minimum atomic E-state index is -0.516. The Hall–Kier alpha value is -2.13. The van der Waals surface area contributed by atoms with E-state index >= 15 is 0 Å². The smallest absolute Gasteiger partial charge is 0.270 e. The standard InChI is InChI=1S/C12H13N3O3/c13-7-9-6-10(15(17)18)3-4-12(9)14-5-1-2-11(14)8-16/h3-4,6,11,16H,1-2,5,8H2/t11-/m0/s1. The summed E-state index contributed by atoms with van der Waals surface area (Å²) in [6, 6.07) is 6.24. The van der Waals surface area contributed by atoms with Crippen molar-refractivity contribution in [1.82, 2.24) is 0 Å². The number of aliphatic hydroxyl groups is 1. The third-order valence-corrected chi connectivity index (χ3v) is 3.21. The predicted octanol–water partition coefficient (Wildman–Crippen LogP) is 1.43. The largest absolute Gasteiger partial charge is 0.394 e. The molecule has 0 radical (unpaired) electrons. The first-order valence-corrected chi connectivity index (χ1v) is 5.73. The molecule has 6 heteroatoms. The second kappa shape index (κ2) is 5.02. The Morgan fingerprint density at radius 2 is 2.39 bits per heavy atom. The summed E-state index contributed by atoms with van der Waals surface area (Å²) in [7, 11) is 0. The lowest BCUT2D eigenvalue weighted by Gasteiger charge is -2.25. The first-order chi connectivity index (χ1) is 8.67. The van der Waals surface area contributed by atoms with E-state index in [9.17, 15) is 15.2 Å². The Kier molecular flexibility index (Phi) is 3.44. The summed E-state index contributed by atoms with van der Waals surface area (Å²) in [5.74, 6) is 0. The Morgan fingerprint density at radius 1 is 1.61 bits per heavy atom. The average Bonchev–Trinajstić information content (AvgIpc) is 2.85. The molecule has 0 saturated carbocycles. The summed E-state index contributed by atoms with van der Waals surface area (Å²) >= 11 is 0. The van der Waals surface area contributed by atoms with Gasteiger partial charge in [-0.05, 0) is 18.9 Å². The molecule has 1 fully saturated rings. The molecule has 1 aromatic rings. The minimum Gasteiger partial charge on any atom is -0.394 e. The van der Waals surface area contributed by atoms with Gasteiger partial charge in [0.15, 0.2) is 0 Å². The number of hydrogen-bond donors (Lipinski definition) is 1. The molecule has 0 spiro atoms. The van der Waals surface area contributed by atoms with Gasteiger partial charge in [0.2, 0.25) is 0 Å². The highest BCUT2D eigenvalue weighted by molar-refractivity contribution is 5.63. The number of nitrogens with zero attached hydrogens (tertiary/aromatic N) is 3. The normalized spacial score (nSPS) is 18.7. The van der Waals surface area contributed by atoms with Crippen molar-refractivity contribution in [3.05, 3.63) is 33.9 Å². The van der Waals surface area contributed by atoms with Gasteiger partial charge in [0.25, 0.3) is 5.69 Å². The van der Waals surface area contributed by atoms with Crippen molar-refractivity contribution in [3.8, 4) is 6.07 Å². The van der Waals surface area contributed by atoms with Crippen LogP contribution in [0.5, 0.6) is 0 Å². The molecule has 94 valence electrons. The van der Waals surface area contributed by atoms with Crippen LogP contribution in [-0.2, 0) is 0 Å². The Balaban J connectivity index is 2.39. The van der Waals surface area contributed by atoms with Crippen molar-refractivity contribution >= 4 is 11.4 Å². The van der Waals surface area contributed by atoms with Crippen molar-refractivity contribution in [2.24, 2.45) is 0 Å². The number of hydrogen-bond acceptors (Lipinski definition) is 5. The topological polar surface area (TPSA) is 90.4 Å². The lowest BCUT2D eigenvalue weighted by molar-refractivity contribution is -0.384. The van der Waals surface area contributed by atoms with Gasteiger partial charge in [-0.2, -0.15) is 5.26 Å². The first kappa shape index (κ1) is 12.3. The van der Waals surface area contributed by atoms with Gasteiger partial charge in [0.05, 0.1) is 28.8 Å². The Bertz CT molecular complexity index is 510. The summed E-state index contributed by atoms with van der Waals surface area (Å²) in [4.78, 5) is 12.1. The van der Waals surface area contributed by atoms with Crippen LogP contribution >= 0.6 is 0 Å². The van der Waals surface area contributed by atoms with Gasteiger partial charge in [-0.25, -0.2) is 0 Å². The fourth-order valence-corrected chi connectivity index (χ4v) is 2.32. The lowest BCUT2D eigenvalue weighted by atomic mass is 10.1. The number of anilines is 1. The van der Waals surface area contributed by atoms with Crippen LogP contribution in [0.1, 0.15) is 18.4 Å². The maximum absolute atomic E-state index is 10.7. The number of non-ortho nitro benzene ring substituents is 1. The highest BCUT2D eigenvalue weighted by Gasteiger charge is 2.26. The van der Waals surface area contributed by atoms with Crippen molar-refractivity contribution in [2.75, 3.05) is 18.1 Å². The van der Waals surface area contributed by atoms with Gasteiger partial charge in [-0.15, -0.1) is 0 Å². The molecule has 6 nitrogen and oxygen atoms in total. The second-order valence-corrected chi connectivity index (χ2v) is 4.24. The van der Waals surface area contributed by atoms with Crippen molar-refractivity contribution in [2.45, 2.75) is 18.9 Å². The van der Waals surface area contributed by atoms with Crippen LogP contribution in [0.4, 0.5) is 11.4 Å². The van der Waals surface area contributed by atoms with E-state index in [1.165, 1.54) is 12.1 Å². The summed E-state index contributed by atoms with van der Waals surface area (Å²) < 4.78 is 0. The summed E-state index contributed by atoms with van der Waals surface area (Å²) in [5, 5.41) is 29.0. The summed E-state index contributed by atoms with van der Waals surface area (Å²) in [6.07, 6.45) is 1.82. The number of nitro groups is 1. The van der Waals surface area contributed by atoms with Crippen LogP contribution < -0.4 is 4.90 Å². The SMILES string of the molecule is N#Cc1cc([N+](=O)[O-])ccc1N1CCC[C@H]1CO. The highest BCUT2D eigenvalue weighted by Crippen LogP contribution is 2.30. The van der Waals surface area contributed by atoms with E-state index in [1.807, 2.05) is 11.0 Å². The fraction of sp³-hybridized carbons (Fsp3) is 0.417. The van der Waals surface area contributed by atoms with E-state index < -0.39 is 4.92 Å².